The minimum atomic E-state index is 0.104. The summed E-state index contributed by atoms with van der Waals surface area (Å²) in [5.74, 6) is 0.104. The maximum Gasteiger partial charge on any atom is 0.200 e. The lowest BCUT2D eigenvalue weighted by atomic mass is 10.3. The summed E-state index contributed by atoms with van der Waals surface area (Å²) in [6, 6.07) is 3.05. The average molecular weight is 194 g/mol. The van der Waals surface area contributed by atoms with Gasteiger partial charge in [0.1, 0.15) is 5.71 Å². The van der Waals surface area contributed by atoms with Crippen LogP contribution in [0.4, 0.5) is 0 Å². The van der Waals surface area contributed by atoms with Gasteiger partial charge in [0.15, 0.2) is 0 Å². The van der Waals surface area contributed by atoms with Gasteiger partial charge >= 0.3 is 0 Å². The van der Waals surface area contributed by atoms with E-state index in [4.69, 9.17) is 15.8 Å². The third-order valence-corrected chi connectivity index (χ3v) is 1.64. The van der Waals surface area contributed by atoms with Crippen LogP contribution >= 0.6 is 0 Å². The number of nitrogens with zero attached hydrogens (tertiary/aromatic N) is 3. The van der Waals surface area contributed by atoms with Crippen LogP contribution in [0.3, 0.4) is 0 Å². The molecule has 1 rings (SSSR count). The van der Waals surface area contributed by atoms with Crippen LogP contribution in [-0.4, -0.2) is 26.5 Å². The quantitative estimate of drug-likeness (QED) is 0.262. The lowest BCUT2D eigenvalue weighted by molar-refractivity contribution is 0.312. The molecule has 0 radical (unpaired) electrons. The van der Waals surface area contributed by atoms with Gasteiger partial charge < -0.3 is 20.4 Å². The zero-order valence-electron chi connectivity index (χ0n) is 7.55. The molecule has 0 atom stereocenters. The molecule has 0 spiro atoms. The fraction of sp³-hybridized carbons (Fsp3) is 0.125. The monoisotopic (exact) mass is 194 g/mol. The molecule has 0 amide bonds. The molecule has 0 saturated heterocycles. The molecule has 0 unspecified atom stereocenters. The van der Waals surface area contributed by atoms with Gasteiger partial charge in [0.25, 0.3) is 0 Å². The van der Waals surface area contributed by atoms with Crippen molar-refractivity contribution in [3.05, 3.63) is 29.9 Å². The van der Waals surface area contributed by atoms with E-state index in [1.807, 2.05) is 0 Å². The lowest BCUT2D eigenvalue weighted by Gasteiger charge is -2.05. The van der Waals surface area contributed by atoms with E-state index in [-0.39, 0.29) is 11.5 Å². The van der Waals surface area contributed by atoms with E-state index in [9.17, 15) is 0 Å². The molecule has 6 nitrogen and oxygen atoms in total. The molecule has 1 aromatic heterocycles. The Kier molecular flexibility index (Phi) is 3.01. The standard InChI is InChI=1S/C8H10N4O2/c1-6(10-13)8(11-14)12-4-2-7(9)3-5-12/h2-5,9,13-14H,1H3. The highest BCUT2D eigenvalue weighted by molar-refractivity contribution is 6.40. The van der Waals surface area contributed by atoms with Crippen molar-refractivity contribution in [2.45, 2.75) is 6.92 Å². The fourth-order valence-corrected chi connectivity index (χ4v) is 0.923. The minimum absolute atomic E-state index is 0.104. The van der Waals surface area contributed by atoms with Crippen LogP contribution in [0.15, 0.2) is 34.8 Å². The Morgan fingerprint density at radius 1 is 1.29 bits per heavy atom. The van der Waals surface area contributed by atoms with E-state index in [1.54, 1.807) is 0 Å². The van der Waals surface area contributed by atoms with Crippen molar-refractivity contribution < 1.29 is 10.4 Å². The third-order valence-electron chi connectivity index (χ3n) is 1.64. The second-order valence-electron chi connectivity index (χ2n) is 2.60. The lowest BCUT2D eigenvalue weighted by Crippen LogP contribution is -2.21. The summed E-state index contributed by atoms with van der Waals surface area (Å²) in [5.41, 5.74) is 0.176. The molecule has 0 aromatic carbocycles. The molecule has 1 aromatic rings. The number of pyridine rings is 1. The van der Waals surface area contributed by atoms with Gasteiger partial charge in [-0.3, -0.25) is 0 Å². The summed E-state index contributed by atoms with van der Waals surface area (Å²) in [6.07, 6.45) is 3.07. The summed E-state index contributed by atoms with van der Waals surface area (Å²) in [5, 5.41) is 30.7. The summed E-state index contributed by atoms with van der Waals surface area (Å²) in [7, 11) is 0. The van der Waals surface area contributed by atoms with Crippen molar-refractivity contribution in [3.63, 3.8) is 0 Å². The van der Waals surface area contributed by atoms with Crippen molar-refractivity contribution in [3.8, 4) is 0 Å². The Hall–Kier alpha value is -2.11. The van der Waals surface area contributed by atoms with Crippen molar-refractivity contribution in [2.75, 3.05) is 0 Å². The molecule has 14 heavy (non-hydrogen) atoms. The number of rotatable bonds is 1. The van der Waals surface area contributed by atoms with E-state index in [2.05, 4.69) is 10.3 Å². The zero-order valence-corrected chi connectivity index (χ0v) is 7.55. The molecule has 0 aliphatic rings. The van der Waals surface area contributed by atoms with Gasteiger partial charge in [0.05, 0.1) is 5.36 Å². The smallest absolute Gasteiger partial charge is 0.200 e. The van der Waals surface area contributed by atoms with Gasteiger partial charge in [-0.05, 0) is 19.1 Å². The summed E-state index contributed by atoms with van der Waals surface area (Å²) >= 11 is 0. The molecule has 0 aliphatic carbocycles. The average Bonchev–Trinajstić information content (AvgIpc) is 2.21. The first kappa shape index (κ1) is 9.97. The first-order valence-electron chi connectivity index (χ1n) is 3.83. The zero-order chi connectivity index (χ0) is 10.6. The summed E-state index contributed by atoms with van der Waals surface area (Å²) in [4.78, 5) is 0. The van der Waals surface area contributed by atoms with E-state index >= 15 is 0 Å². The predicted octanol–water partition coefficient (Wildman–Crippen LogP) is 0.453. The molecule has 6 heteroatoms. The van der Waals surface area contributed by atoms with Crippen LogP contribution in [0.2, 0.25) is 0 Å². The molecule has 3 N–H and O–H groups in total. The first-order chi connectivity index (χ1) is 6.69. The van der Waals surface area contributed by atoms with E-state index in [0.717, 1.165) is 0 Å². The maximum atomic E-state index is 8.68. The number of aromatic nitrogens is 1. The van der Waals surface area contributed by atoms with Crippen molar-refractivity contribution in [1.82, 2.24) is 4.57 Å². The molecular formula is C8H10N4O2. The third kappa shape index (κ3) is 1.98. The molecule has 74 valence electrons. The van der Waals surface area contributed by atoms with Crippen LogP contribution in [0, 0.1) is 5.41 Å². The van der Waals surface area contributed by atoms with Gasteiger partial charge in [-0.15, -0.1) is 0 Å². The molecule has 0 fully saturated rings. The van der Waals surface area contributed by atoms with Gasteiger partial charge in [-0.2, -0.15) is 0 Å². The molecule has 1 heterocycles. The van der Waals surface area contributed by atoms with Crippen LogP contribution in [0.25, 0.3) is 0 Å². The van der Waals surface area contributed by atoms with Crippen molar-refractivity contribution in [1.29, 1.82) is 5.41 Å². The SMILES string of the molecule is CC(=NO)C(=NO)n1ccc(=N)cc1. The van der Waals surface area contributed by atoms with Gasteiger partial charge in [0.2, 0.25) is 5.84 Å². The summed E-state index contributed by atoms with van der Waals surface area (Å²) in [6.45, 7) is 1.50. The number of hydrogen-bond donors (Lipinski definition) is 3. The second kappa shape index (κ2) is 4.22. The normalized spacial score (nSPS) is 12.9. The van der Waals surface area contributed by atoms with Crippen LogP contribution < -0.4 is 5.36 Å². The van der Waals surface area contributed by atoms with Gasteiger partial charge in [-0.1, -0.05) is 10.3 Å². The minimum Gasteiger partial charge on any atom is -0.411 e. The van der Waals surface area contributed by atoms with Crippen molar-refractivity contribution in [2.24, 2.45) is 10.3 Å². The molecule has 0 aliphatic heterocycles. The Balaban J connectivity index is 3.15. The van der Waals surface area contributed by atoms with Crippen molar-refractivity contribution >= 4 is 11.5 Å². The topological polar surface area (TPSA) is 94.0 Å². The Bertz CT molecular complexity index is 413. The van der Waals surface area contributed by atoms with E-state index < -0.39 is 0 Å². The molecule has 0 saturated carbocycles. The molecular weight excluding hydrogens is 184 g/mol. The van der Waals surface area contributed by atoms with E-state index in [1.165, 1.54) is 36.0 Å². The van der Waals surface area contributed by atoms with Crippen LogP contribution in [0.5, 0.6) is 0 Å². The molecule has 0 bridgehead atoms. The van der Waals surface area contributed by atoms with E-state index in [0.29, 0.717) is 5.36 Å². The maximum absolute atomic E-state index is 8.68. The second-order valence-corrected chi connectivity index (χ2v) is 2.60. The van der Waals surface area contributed by atoms with Gasteiger partial charge in [-0.25, -0.2) is 0 Å². The predicted molar refractivity (Wildman–Crippen MR) is 49.8 cm³/mol. The largest absolute Gasteiger partial charge is 0.411 e. The highest BCUT2D eigenvalue weighted by Crippen LogP contribution is 1.90. The first-order valence-corrected chi connectivity index (χ1v) is 3.83. The number of nitrogens with one attached hydrogen (secondary N) is 1. The highest BCUT2D eigenvalue weighted by Gasteiger charge is 2.05. The number of hydrogen-bond acceptors (Lipinski definition) is 5. The Morgan fingerprint density at radius 3 is 2.29 bits per heavy atom. The number of oxime groups is 2. The highest BCUT2D eigenvalue weighted by atomic mass is 16.4. The van der Waals surface area contributed by atoms with Crippen LogP contribution in [0.1, 0.15) is 6.92 Å². The Morgan fingerprint density at radius 2 is 1.86 bits per heavy atom. The van der Waals surface area contributed by atoms with Gasteiger partial charge in [0, 0.05) is 12.4 Å². The Labute approximate surface area is 79.9 Å². The summed E-state index contributed by atoms with van der Waals surface area (Å²) < 4.78 is 1.44. The fourth-order valence-electron chi connectivity index (χ4n) is 0.923. The van der Waals surface area contributed by atoms with Crippen LogP contribution in [-0.2, 0) is 0 Å².